The van der Waals surface area contributed by atoms with Gasteiger partial charge in [-0.2, -0.15) is 5.10 Å². The highest BCUT2D eigenvalue weighted by Gasteiger charge is 2.27. The summed E-state index contributed by atoms with van der Waals surface area (Å²) in [5.74, 6) is -0.0155. The molecule has 134 valence electrons. The zero-order valence-corrected chi connectivity index (χ0v) is 15.3. The average molecular weight is 336 g/mol. The van der Waals surface area contributed by atoms with E-state index in [-0.39, 0.29) is 12.0 Å². The highest BCUT2D eigenvalue weighted by Crippen LogP contribution is 2.15. The van der Waals surface area contributed by atoms with Crippen LogP contribution in [0.2, 0.25) is 0 Å². The summed E-state index contributed by atoms with van der Waals surface area (Å²) in [5.41, 5.74) is 0.878. The predicted molar refractivity (Wildman–Crippen MR) is 91.0 cm³/mol. The molecule has 1 aliphatic heterocycles. The molecule has 0 saturated carbocycles. The van der Waals surface area contributed by atoms with Gasteiger partial charge in [-0.05, 0) is 41.0 Å². The molecule has 1 fully saturated rings. The molecule has 0 aliphatic carbocycles. The smallest absolute Gasteiger partial charge is 0.410 e. The van der Waals surface area contributed by atoms with Gasteiger partial charge < -0.3 is 14.5 Å². The number of carbonyl (C=O) groups excluding carboxylic acids is 2. The molecule has 0 aromatic carbocycles. The van der Waals surface area contributed by atoms with Crippen molar-refractivity contribution in [1.29, 1.82) is 0 Å². The maximum atomic E-state index is 12.7. The zero-order chi connectivity index (χ0) is 17.9. The van der Waals surface area contributed by atoms with Crippen LogP contribution in [0, 0.1) is 6.92 Å². The lowest BCUT2D eigenvalue weighted by Crippen LogP contribution is -2.40. The van der Waals surface area contributed by atoms with Crippen LogP contribution < -0.4 is 0 Å². The standard InChI is InChI=1S/C17H28N4O3/c1-6-21-12-14(13(2)18-21)15(22)19-8-7-9-20(11-10-19)16(23)24-17(3,4)5/h12H,6-11H2,1-5H3. The van der Waals surface area contributed by atoms with Crippen molar-refractivity contribution in [2.75, 3.05) is 26.2 Å². The normalized spacial score (nSPS) is 16.0. The number of aryl methyl sites for hydroxylation is 2. The Morgan fingerprint density at radius 3 is 2.38 bits per heavy atom. The first-order valence-electron chi connectivity index (χ1n) is 8.52. The molecule has 7 heteroatoms. The summed E-state index contributed by atoms with van der Waals surface area (Å²) in [7, 11) is 0. The molecule has 0 N–H and O–H groups in total. The number of carbonyl (C=O) groups is 2. The largest absolute Gasteiger partial charge is 0.444 e. The molecule has 1 saturated heterocycles. The Morgan fingerprint density at radius 1 is 1.17 bits per heavy atom. The number of hydrogen-bond donors (Lipinski definition) is 0. The van der Waals surface area contributed by atoms with E-state index in [1.807, 2.05) is 34.6 Å². The van der Waals surface area contributed by atoms with E-state index in [1.54, 1.807) is 20.7 Å². The van der Waals surface area contributed by atoms with Gasteiger partial charge in [-0.3, -0.25) is 9.48 Å². The first kappa shape index (κ1) is 18.3. The molecule has 0 atom stereocenters. The van der Waals surface area contributed by atoms with Crippen LogP contribution in [0.3, 0.4) is 0 Å². The highest BCUT2D eigenvalue weighted by atomic mass is 16.6. The fourth-order valence-electron chi connectivity index (χ4n) is 2.69. The van der Waals surface area contributed by atoms with Gasteiger partial charge in [-0.1, -0.05) is 0 Å². The van der Waals surface area contributed by atoms with Crippen molar-refractivity contribution in [2.24, 2.45) is 0 Å². The Labute approximate surface area is 143 Å². The van der Waals surface area contributed by atoms with Crippen molar-refractivity contribution >= 4 is 12.0 Å². The van der Waals surface area contributed by atoms with Crippen molar-refractivity contribution in [1.82, 2.24) is 19.6 Å². The molecule has 7 nitrogen and oxygen atoms in total. The zero-order valence-electron chi connectivity index (χ0n) is 15.3. The molecule has 2 heterocycles. The second kappa shape index (κ2) is 7.23. The molecule has 0 unspecified atom stereocenters. The minimum absolute atomic E-state index is 0.0155. The highest BCUT2D eigenvalue weighted by molar-refractivity contribution is 5.95. The molecule has 0 radical (unpaired) electrons. The third-order valence-corrected chi connectivity index (χ3v) is 3.94. The van der Waals surface area contributed by atoms with E-state index in [0.717, 1.165) is 18.7 Å². The number of nitrogens with zero attached hydrogens (tertiary/aromatic N) is 4. The van der Waals surface area contributed by atoms with E-state index < -0.39 is 5.60 Å². The number of hydrogen-bond acceptors (Lipinski definition) is 4. The number of amides is 2. The Hall–Kier alpha value is -2.05. The van der Waals surface area contributed by atoms with Crippen LogP contribution in [0.5, 0.6) is 0 Å². The summed E-state index contributed by atoms with van der Waals surface area (Å²) in [6.07, 6.45) is 2.23. The quantitative estimate of drug-likeness (QED) is 0.831. The van der Waals surface area contributed by atoms with Crippen molar-refractivity contribution < 1.29 is 14.3 Å². The van der Waals surface area contributed by atoms with Crippen molar-refractivity contribution in [3.8, 4) is 0 Å². The van der Waals surface area contributed by atoms with Gasteiger partial charge in [0, 0.05) is 38.9 Å². The minimum Gasteiger partial charge on any atom is -0.444 e. The molecule has 2 amide bonds. The maximum Gasteiger partial charge on any atom is 0.410 e. The predicted octanol–water partition coefficient (Wildman–Crippen LogP) is 2.29. The van der Waals surface area contributed by atoms with E-state index in [2.05, 4.69) is 5.10 Å². The van der Waals surface area contributed by atoms with E-state index in [9.17, 15) is 9.59 Å². The first-order valence-corrected chi connectivity index (χ1v) is 8.52. The minimum atomic E-state index is -0.509. The van der Waals surface area contributed by atoms with Crippen molar-refractivity contribution in [2.45, 2.75) is 53.2 Å². The Bertz CT molecular complexity index is 603. The second-order valence-electron chi connectivity index (χ2n) is 7.10. The van der Waals surface area contributed by atoms with E-state index in [1.165, 1.54) is 0 Å². The van der Waals surface area contributed by atoms with Crippen LogP contribution in [-0.4, -0.2) is 63.4 Å². The summed E-state index contributed by atoms with van der Waals surface area (Å²) in [6, 6.07) is 0. The van der Waals surface area contributed by atoms with Gasteiger partial charge in [0.05, 0.1) is 11.3 Å². The number of aromatic nitrogens is 2. The average Bonchev–Trinajstić information content (AvgIpc) is 2.71. The fourth-order valence-corrected chi connectivity index (χ4v) is 2.69. The summed E-state index contributed by atoms with van der Waals surface area (Å²) in [4.78, 5) is 28.4. The molecule has 0 spiro atoms. The third-order valence-electron chi connectivity index (χ3n) is 3.94. The van der Waals surface area contributed by atoms with Gasteiger partial charge in [0.2, 0.25) is 0 Å². The summed E-state index contributed by atoms with van der Waals surface area (Å²) < 4.78 is 7.19. The van der Waals surface area contributed by atoms with Crippen LogP contribution in [0.25, 0.3) is 0 Å². The van der Waals surface area contributed by atoms with E-state index >= 15 is 0 Å². The van der Waals surface area contributed by atoms with Crippen LogP contribution in [0.1, 0.15) is 50.2 Å². The van der Waals surface area contributed by atoms with E-state index in [0.29, 0.717) is 31.7 Å². The van der Waals surface area contributed by atoms with Gasteiger partial charge in [0.15, 0.2) is 0 Å². The Kier molecular flexibility index (Phi) is 5.51. The number of rotatable bonds is 2. The van der Waals surface area contributed by atoms with Crippen LogP contribution in [0.4, 0.5) is 4.79 Å². The van der Waals surface area contributed by atoms with Gasteiger partial charge in [0.1, 0.15) is 5.60 Å². The number of ether oxygens (including phenoxy) is 1. The lowest BCUT2D eigenvalue weighted by molar-refractivity contribution is 0.0255. The van der Waals surface area contributed by atoms with Gasteiger partial charge in [-0.25, -0.2) is 4.79 Å². The Morgan fingerprint density at radius 2 is 1.79 bits per heavy atom. The van der Waals surface area contributed by atoms with Crippen molar-refractivity contribution in [3.05, 3.63) is 17.5 Å². The second-order valence-corrected chi connectivity index (χ2v) is 7.10. The van der Waals surface area contributed by atoms with Crippen LogP contribution in [-0.2, 0) is 11.3 Å². The molecular formula is C17H28N4O3. The van der Waals surface area contributed by atoms with Gasteiger partial charge >= 0.3 is 6.09 Å². The molecule has 1 aromatic heterocycles. The molecule has 24 heavy (non-hydrogen) atoms. The van der Waals surface area contributed by atoms with E-state index in [4.69, 9.17) is 4.74 Å². The molecular weight excluding hydrogens is 308 g/mol. The maximum absolute atomic E-state index is 12.7. The molecule has 0 bridgehead atoms. The summed E-state index contributed by atoms with van der Waals surface area (Å²) >= 11 is 0. The van der Waals surface area contributed by atoms with Gasteiger partial charge in [-0.15, -0.1) is 0 Å². The molecule has 1 aliphatic rings. The van der Waals surface area contributed by atoms with Crippen LogP contribution in [0.15, 0.2) is 6.20 Å². The summed E-state index contributed by atoms with van der Waals surface area (Å²) in [6.45, 7) is 12.4. The lowest BCUT2D eigenvalue weighted by Gasteiger charge is -2.26. The fraction of sp³-hybridized carbons (Fsp3) is 0.706. The SMILES string of the molecule is CCn1cc(C(=O)N2CCCN(C(=O)OC(C)(C)C)CC2)c(C)n1. The van der Waals surface area contributed by atoms with Crippen LogP contribution >= 0.6 is 0 Å². The summed E-state index contributed by atoms with van der Waals surface area (Å²) in [5, 5.41) is 4.34. The van der Waals surface area contributed by atoms with Gasteiger partial charge in [0.25, 0.3) is 5.91 Å². The third kappa shape index (κ3) is 4.49. The molecule has 2 rings (SSSR count). The topological polar surface area (TPSA) is 67.7 Å². The lowest BCUT2D eigenvalue weighted by atomic mass is 10.2. The first-order chi connectivity index (χ1) is 11.2. The molecule has 1 aromatic rings. The monoisotopic (exact) mass is 336 g/mol. The van der Waals surface area contributed by atoms with Crippen molar-refractivity contribution in [3.63, 3.8) is 0 Å². The Balaban J connectivity index is 2.01.